The molecule has 0 spiro atoms. The van der Waals surface area contributed by atoms with Crippen LogP contribution in [0.5, 0.6) is 0 Å². The van der Waals surface area contributed by atoms with Crippen molar-refractivity contribution in [3.05, 3.63) is 95.6 Å². The standard InChI is InChI=1S/C22H16F6N4/c23-21(24,25)15-1-7-19(8-2-15)31-13-11-17(29-31)5-6-18-12-14-32(30-18)20-9-3-16(4-10-20)22(26,27)28/h1-4,7-14H,5-6H2. The Bertz CT molecular complexity index is 1090. The number of nitrogens with zero attached hydrogens (tertiary/aromatic N) is 4. The number of aromatic nitrogens is 4. The van der Waals surface area contributed by atoms with E-state index in [1.807, 2.05) is 0 Å². The molecule has 10 heteroatoms. The molecule has 0 saturated heterocycles. The molecule has 0 bridgehead atoms. The second-order valence-electron chi connectivity index (χ2n) is 7.09. The number of hydrogen-bond acceptors (Lipinski definition) is 2. The van der Waals surface area contributed by atoms with Crippen LogP contribution in [-0.2, 0) is 25.2 Å². The lowest BCUT2D eigenvalue weighted by Crippen LogP contribution is -2.05. The second kappa shape index (κ2) is 8.18. The molecule has 4 rings (SSSR count). The third kappa shape index (κ3) is 4.84. The van der Waals surface area contributed by atoms with Crippen molar-refractivity contribution < 1.29 is 26.3 Å². The fraction of sp³-hybridized carbons (Fsp3) is 0.182. The Kier molecular flexibility index (Phi) is 5.53. The van der Waals surface area contributed by atoms with Crippen LogP contribution >= 0.6 is 0 Å². The van der Waals surface area contributed by atoms with Crippen LogP contribution in [0.15, 0.2) is 73.1 Å². The minimum Gasteiger partial charge on any atom is -0.241 e. The van der Waals surface area contributed by atoms with Crippen molar-refractivity contribution in [2.24, 2.45) is 0 Å². The quantitative estimate of drug-likeness (QED) is 0.356. The molecule has 0 saturated carbocycles. The molecular weight excluding hydrogens is 434 g/mol. The summed E-state index contributed by atoms with van der Waals surface area (Å²) in [4.78, 5) is 0. The number of aryl methyl sites for hydroxylation is 2. The number of rotatable bonds is 5. The molecule has 0 aliphatic rings. The van der Waals surface area contributed by atoms with Crippen LogP contribution in [-0.4, -0.2) is 19.6 Å². The van der Waals surface area contributed by atoms with E-state index in [0.717, 1.165) is 35.7 Å². The van der Waals surface area contributed by atoms with Crippen LogP contribution in [0.25, 0.3) is 11.4 Å². The maximum atomic E-state index is 12.7. The summed E-state index contributed by atoms with van der Waals surface area (Å²) in [5, 5.41) is 8.76. The zero-order valence-corrected chi connectivity index (χ0v) is 16.4. The fourth-order valence-electron chi connectivity index (χ4n) is 3.14. The van der Waals surface area contributed by atoms with Crippen LogP contribution in [0.3, 0.4) is 0 Å². The third-order valence-electron chi connectivity index (χ3n) is 4.84. The Morgan fingerprint density at radius 1 is 0.531 bits per heavy atom. The van der Waals surface area contributed by atoms with E-state index in [1.165, 1.54) is 33.6 Å². The van der Waals surface area contributed by atoms with E-state index in [4.69, 9.17) is 0 Å². The minimum absolute atomic E-state index is 0.510. The maximum Gasteiger partial charge on any atom is 0.416 e. The fourth-order valence-corrected chi connectivity index (χ4v) is 3.14. The maximum absolute atomic E-state index is 12.7. The Morgan fingerprint density at radius 2 is 0.875 bits per heavy atom. The van der Waals surface area contributed by atoms with Crippen molar-refractivity contribution in [1.82, 2.24) is 19.6 Å². The number of halogens is 6. The molecule has 2 heterocycles. The lowest BCUT2D eigenvalue weighted by atomic mass is 10.2. The van der Waals surface area contributed by atoms with Gasteiger partial charge in [0.25, 0.3) is 0 Å². The largest absolute Gasteiger partial charge is 0.416 e. The molecule has 0 N–H and O–H groups in total. The predicted molar refractivity (Wildman–Crippen MR) is 105 cm³/mol. The highest BCUT2D eigenvalue weighted by molar-refractivity contribution is 5.36. The molecule has 2 aromatic heterocycles. The van der Waals surface area contributed by atoms with E-state index < -0.39 is 23.5 Å². The van der Waals surface area contributed by atoms with Gasteiger partial charge in [-0.15, -0.1) is 0 Å². The van der Waals surface area contributed by atoms with Crippen LogP contribution in [0.4, 0.5) is 26.3 Å². The minimum atomic E-state index is -4.39. The highest BCUT2D eigenvalue weighted by atomic mass is 19.4. The van der Waals surface area contributed by atoms with Gasteiger partial charge in [0.1, 0.15) is 0 Å². The van der Waals surface area contributed by atoms with Gasteiger partial charge in [-0.25, -0.2) is 9.36 Å². The van der Waals surface area contributed by atoms with Crippen molar-refractivity contribution in [2.45, 2.75) is 25.2 Å². The summed E-state index contributed by atoms with van der Waals surface area (Å²) in [6.45, 7) is 0. The van der Waals surface area contributed by atoms with Crippen LogP contribution in [0, 0.1) is 0 Å². The van der Waals surface area contributed by atoms with Crippen LogP contribution in [0.1, 0.15) is 22.5 Å². The molecule has 0 aliphatic carbocycles. The molecule has 0 fully saturated rings. The lowest BCUT2D eigenvalue weighted by molar-refractivity contribution is -0.138. The monoisotopic (exact) mass is 450 g/mol. The van der Waals surface area contributed by atoms with Gasteiger partial charge >= 0.3 is 12.4 Å². The summed E-state index contributed by atoms with van der Waals surface area (Å²) in [6.07, 6.45) is -4.37. The molecule has 0 atom stereocenters. The van der Waals surface area contributed by atoms with Crippen LogP contribution in [0.2, 0.25) is 0 Å². The summed E-state index contributed by atoms with van der Waals surface area (Å²) >= 11 is 0. The van der Waals surface area contributed by atoms with E-state index in [1.54, 1.807) is 24.5 Å². The Labute approximate surface area is 178 Å². The smallest absolute Gasteiger partial charge is 0.241 e. The van der Waals surface area contributed by atoms with E-state index in [0.29, 0.717) is 24.2 Å². The second-order valence-corrected chi connectivity index (χ2v) is 7.09. The normalized spacial score (nSPS) is 12.3. The summed E-state index contributed by atoms with van der Waals surface area (Å²) in [7, 11) is 0. The molecule has 32 heavy (non-hydrogen) atoms. The lowest BCUT2D eigenvalue weighted by Gasteiger charge is -2.07. The molecule has 4 aromatic rings. The molecule has 166 valence electrons. The van der Waals surface area contributed by atoms with Gasteiger partial charge < -0.3 is 0 Å². The summed E-state index contributed by atoms with van der Waals surface area (Å²) in [5.74, 6) is 0. The van der Waals surface area contributed by atoms with Crippen molar-refractivity contribution in [2.75, 3.05) is 0 Å². The van der Waals surface area contributed by atoms with Gasteiger partial charge in [-0.2, -0.15) is 36.5 Å². The first kappa shape index (κ1) is 21.7. The Balaban J connectivity index is 1.39. The van der Waals surface area contributed by atoms with Gasteiger partial charge in [0.15, 0.2) is 0 Å². The summed E-state index contributed by atoms with van der Waals surface area (Å²) in [5.41, 5.74) is 1.03. The summed E-state index contributed by atoms with van der Waals surface area (Å²) < 4.78 is 79.1. The highest BCUT2D eigenvalue weighted by Gasteiger charge is 2.30. The first-order chi connectivity index (χ1) is 15.1. The number of benzene rings is 2. The number of hydrogen-bond donors (Lipinski definition) is 0. The van der Waals surface area contributed by atoms with E-state index >= 15 is 0 Å². The van der Waals surface area contributed by atoms with E-state index in [9.17, 15) is 26.3 Å². The van der Waals surface area contributed by atoms with Crippen LogP contribution < -0.4 is 0 Å². The molecule has 2 aromatic carbocycles. The molecule has 0 radical (unpaired) electrons. The molecule has 0 amide bonds. The molecular formula is C22H16F6N4. The number of alkyl halides is 6. The zero-order valence-electron chi connectivity index (χ0n) is 16.4. The van der Waals surface area contributed by atoms with Crippen molar-refractivity contribution in [1.29, 1.82) is 0 Å². The predicted octanol–water partition coefficient (Wildman–Crippen LogP) is 5.88. The molecule has 4 nitrogen and oxygen atoms in total. The van der Waals surface area contributed by atoms with Crippen molar-refractivity contribution in [3.8, 4) is 11.4 Å². The third-order valence-corrected chi connectivity index (χ3v) is 4.84. The summed E-state index contributed by atoms with van der Waals surface area (Å²) in [6, 6.07) is 13.0. The van der Waals surface area contributed by atoms with Gasteiger partial charge in [-0.05, 0) is 73.5 Å². The average molecular weight is 450 g/mol. The van der Waals surface area contributed by atoms with E-state index in [2.05, 4.69) is 10.2 Å². The van der Waals surface area contributed by atoms with Gasteiger partial charge in [0.05, 0.1) is 33.9 Å². The van der Waals surface area contributed by atoms with Crippen molar-refractivity contribution in [3.63, 3.8) is 0 Å². The van der Waals surface area contributed by atoms with Gasteiger partial charge in [-0.3, -0.25) is 0 Å². The molecule has 0 aliphatic heterocycles. The Morgan fingerprint density at radius 3 is 1.19 bits per heavy atom. The van der Waals surface area contributed by atoms with E-state index in [-0.39, 0.29) is 0 Å². The SMILES string of the molecule is FC(F)(F)c1ccc(-n2ccc(CCc3ccn(-c4ccc(C(F)(F)F)cc4)n3)n2)cc1. The zero-order chi connectivity index (χ0) is 22.9. The van der Waals surface area contributed by atoms with Gasteiger partial charge in [0.2, 0.25) is 0 Å². The first-order valence-corrected chi connectivity index (χ1v) is 9.54. The highest BCUT2D eigenvalue weighted by Crippen LogP contribution is 2.30. The first-order valence-electron chi connectivity index (χ1n) is 9.54. The van der Waals surface area contributed by atoms with Gasteiger partial charge in [-0.1, -0.05) is 0 Å². The van der Waals surface area contributed by atoms with Gasteiger partial charge in [0, 0.05) is 12.4 Å². The molecule has 0 unspecified atom stereocenters. The Hall–Kier alpha value is -3.56. The topological polar surface area (TPSA) is 35.6 Å². The average Bonchev–Trinajstić information content (AvgIpc) is 3.41. The van der Waals surface area contributed by atoms with Crippen molar-refractivity contribution >= 4 is 0 Å².